The fraction of sp³-hybridized carbons (Fsp3) is 0.500. The van der Waals surface area contributed by atoms with Crippen LogP contribution in [0.25, 0.3) is 17.3 Å². The summed E-state index contributed by atoms with van der Waals surface area (Å²) in [4.78, 5) is 21.0. The van der Waals surface area contributed by atoms with Gasteiger partial charge >= 0.3 is 5.97 Å². The van der Waals surface area contributed by atoms with Gasteiger partial charge in [-0.2, -0.15) is 0 Å². The molecular weight excluding hydrogens is 501 g/mol. The number of carbonyl (C=O) groups excluding carboxylic acids is 1. The van der Waals surface area contributed by atoms with Gasteiger partial charge in [0.2, 0.25) is 16.0 Å². The quantitative estimate of drug-likeness (QED) is 0.461. The Morgan fingerprint density at radius 1 is 1.24 bits per heavy atom. The Bertz CT molecular complexity index is 1260. The third-order valence-corrected chi connectivity index (χ3v) is 7.05. The number of hydrogen-bond donors (Lipinski definition) is 0. The molecule has 3 rings (SSSR count). The zero-order valence-electron chi connectivity index (χ0n) is 22.2. The number of nitrogens with zero attached hydrogens (tertiary/aromatic N) is 3. The molecular formula is C26H34FN3O6S. The first kappa shape index (κ1) is 28.7. The molecule has 11 heteroatoms. The summed E-state index contributed by atoms with van der Waals surface area (Å²) in [5.74, 6) is -1.77. The van der Waals surface area contributed by atoms with Crippen LogP contribution in [-0.2, 0) is 29.0 Å². The third kappa shape index (κ3) is 7.33. The highest BCUT2D eigenvalue weighted by Crippen LogP contribution is 2.34. The molecule has 1 saturated heterocycles. The van der Waals surface area contributed by atoms with Gasteiger partial charge in [-0.25, -0.2) is 27.1 Å². The normalized spacial score (nSPS) is 19.8. The van der Waals surface area contributed by atoms with Crippen molar-refractivity contribution in [3.05, 3.63) is 47.4 Å². The van der Waals surface area contributed by atoms with Gasteiger partial charge in [-0.05, 0) is 44.0 Å². The van der Waals surface area contributed by atoms with E-state index in [1.165, 1.54) is 26.3 Å². The van der Waals surface area contributed by atoms with Crippen LogP contribution >= 0.6 is 0 Å². The van der Waals surface area contributed by atoms with Crippen molar-refractivity contribution in [3.8, 4) is 11.3 Å². The maximum absolute atomic E-state index is 13.7. The minimum Gasteiger partial charge on any atom is -0.469 e. The number of methoxy groups -OCH3 is 1. The number of sulfonamides is 1. The average molecular weight is 536 g/mol. The molecule has 0 amide bonds. The highest BCUT2D eigenvalue weighted by Gasteiger charge is 2.35. The zero-order valence-corrected chi connectivity index (χ0v) is 23.0. The van der Waals surface area contributed by atoms with Crippen molar-refractivity contribution < 1.29 is 31.8 Å². The third-order valence-electron chi connectivity index (χ3n) is 5.89. The van der Waals surface area contributed by atoms with Gasteiger partial charge in [0.15, 0.2) is 5.79 Å². The fourth-order valence-electron chi connectivity index (χ4n) is 4.06. The molecule has 0 bridgehead atoms. The summed E-state index contributed by atoms with van der Waals surface area (Å²) < 4.78 is 55.9. The van der Waals surface area contributed by atoms with Crippen LogP contribution in [0.5, 0.6) is 0 Å². The van der Waals surface area contributed by atoms with Gasteiger partial charge in [0.1, 0.15) is 5.82 Å². The van der Waals surface area contributed by atoms with Crippen molar-refractivity contribution >= 4 is 28.0 Å². The average Bonchev–Trinajstić information content (AvgIpc) is 2.80. The zero-order chi connectivity index (χ0) is 27.5. The van der Waals surface area contributed by atoms with E-state index in [-0.39, 0.29) is 24.3 Å². The van der Waals surface area contributed by atoms with Crippen LogP contribution in [0, 0.1) is 5.82 Å². The Morgan fingerprint density at radius 3 is 2.46 bits per heavy atom. The van der Waals surface area contributed by atoms with E-state index in [1.807, 2.05) is 26.0 Å². The Morgan fingerprint density at radius 2 is 1.89 bits per heavy atom. The molecule has 2 atom stereocenters. The summed E-state index contributed by atoms with van der Waals surface area (Å²) >= 11 is 0. The van der Waals surface area contributed by atoms with Gasteiger partial charge < -0.3 is 14.2 Å². The van der Waals surface area contributed by atoms with Gasteiger partial charge in [0.05, 0.1) is 43.4 Å². The van der Waals surface area contributed by atoms with Gasteiger partial charge in [-0.1, -0.05) is 26.0 Å². The molecule has 1 fully saturated rings. The fourth-order valence-corrected chi connectivity index (χ4v) is 4.44. The van der Waals surface area contributed by atoms with Gasteiger partial charge in [0.25, 0.3) is 0 Å². The van der Waals surface area contributed by atoms with Crippen LogP contribution < -0.4 is 4.31 Å². The lowest BCUT2D eigenvalue weighted by Crippen LogP contribution is -2.44. The minimum atomic E-state index is -3.62. The van der Waals surface area contributed by atoms with E-state index in [2.05, 4.69) is 9.97 Å². The number of rotatable bonds is 8. The largest absolute Gasteiger partial charge is 0.469 e. The molecule has 9 nitrogen and oxygen atoms in total. The number of esters is 1. The van der Waals surface area contributed by atoms with Crippen LogP contribution in [-0.4, -0.2) is 62.8 Å². The number of anilines is 1. The molecule has 0 saturated carbocycles. The maximum Gasteiger partial charge on any atom is 0.308 e. The van der Waals surface area contributed by atoms with E-state index in [4.69, 9.17) is 14.2 Å². The predicted molar refractivity (Wildman–Crippen MR) is 139 cm³/mol. The number of aromatic nitrogens is 2. The van der Waals surface area contributed by atoms with Crippen molar-refractivity contribution in [2.75, 3.05) is 24.7 Å². The lowest BCUT2D eigenvalue weighted by atomic mass is 9.97. The first-order valence-corrected chi connectivity index (χ1v) is 13.8. The summed E-state index contributed by atoms with van der Waals surface area (Å²) in [7, 11) is -0.899. The first-order chi connectivity index (χ1) is 17.2. The number of benzene rings is 1. The van der Waals surface area contributed by atoms with Gasteiger partial charge in [0, 0.05) is 24.6 Å². The molecule has 2 unspecified atom stereocenters. The second-order valence-corrected chi connectivity index (χ2v) is 11.7. The summed E-state index contributed by atoms with van der Waals surface area (Å²) in [5.41, 5.74) is 2.33. The molecule has 202 valence electrons. The molecule has 2 aromatic rings. The number of hydrogen-bond acceptors (Lipinski definition) is 8. The Balaban J connectivity index is 2.10. The molecule has 1 aromatic heterocycles. The predicted octanol–water partition coefficient (Wildman–Crippen LogP) is 4.29. The minimum absolute atomic E-state index is 0.0178. The Kier molecular flexibility index (Phi) is 8.71. The van der Waals surface area contributed by atoms with Crippen LogP contribution in [0.3, 0.4) is 0 Å². The molecule has 37 heavy (non-hydrogen) atoms. The Hall–Kier alpha value is -2.89. The molecule has 1 aliphatic rings. The Labute approximate surface area is 217 Å². The van der Waals surface area contributed by atoms with E-state index in [1.54, 1.807) is 26.0 Å². The molecule has 0 aliphatic carbocycles. The number of halogens is 1. The van der Waals surface area contributed by atoms with E-state index in [0.717, 1.165) is 10.6 Å². The SMILES string of the molecule is COC(=O)CC1CC(/C=C/c2c(-c3ccc(F)cc3)nc(N(C)S(C)(=O)=O)nc2C(C)C)OC(C)(C)O1. The molecule has 1 aliphatic heterocycles. The molecule has 0 spiro atoms. The second kappa shape index (κ2) is 11.2. The smallest absolute Gasteiger partial charge is 0.308 e. The summed E-state index contributed by atoms with van der Waals surface area (Å²) in [5, 5.41) is 0. The summed E-state index contributed by atoms with van der Waals surface area (Å²) in [6.45, 7) is 7.44. The highest BCUT2D eigenvalue weighted by atomic mass is 32.2. The number of carbonyl (C=O) groups is 1. The standard InChI is InChI=1S/C26H34FN3O6S/c1-16(2)23-21(13-12-19-14-20(15-22(31)34-6)36-26(3,4)35-19)24(17-8-10-18(27)11-9-17)29-25(28-23)30(5)37(7,32)33/h8-13,16,19-20H,14-15H2,1-7H3/b13-12+. The van der Waals surface area contributed by atoms with Gasteiger partial charge in [-0.15, -0.1) is 0 Å². The van der Waals surface area contributed by atoms with E-state index in [9.17, 15) is 17.6 Å². The topological polar surface area (TPSA) is 108 Å². The van der Waals surface area contributed by atoms with Gasteiger partial charge in [-0.3, -0.25) is 4.79 Å². The van der Waals surface area contributed by atoms with Crippen LogP contribution in [0.2, 0.25) is 0 Å². The molecule has 2 heterocycles. The second-order valence-electron chi connectivity index (χ2n) is 9.73. The summed E-state index contributed by atoms with van der Waals surface area (Å²) in [6.07, 6.45) is 4.50. The van der Waals surface area contributed by atoms with Crippen molar-refractivity contribution in [1.82, 2.24) is 9.97 Å². The van der Waals surface area contributed by atoms with E-state index >= 15 is 0 Å². The van der Waals surface area contributed by atoms with Crippen LogP contribution in [0.4, 0.5) is 10.3 Å². The van der Waals surface area contributed by atoms with Crippen molar-refractivity contribution in [2.45, 2.75) is 64.4 Å². The lowest BCUT2D eigenvalue weighted by molar-refractivity contribution is -0.290. The van der Waals surface area contributed by atoms with Crippen molar-refractivity contribution in [1.29, 1.82) is 0 Å². The van der Waals surface area contributed by atoms with E-state index in [0.29, 0.717) is 28.9 Å². The van der Waals surface area contributed by atoms with E-state index < -0.39 is 33.8 Å². The van der Waals surface area contributed by atoms with Crippen LogP contribution in [0.1, 0.15) is 57.7 Å². The van der Waals surface area contributed by atoms with Crippen molar-refractivity contribution in [3.63, 3.8) is 0 Å². The molecule has 1 aromatic carbocycles. The highest BCUT2D eigenvalue weighted by molar-refractivity contribution is 7.92. The molecule has 0 radical (unpaired) electrons. The monoisotopic (exact) mass is 535 g/mol. The first-order valence-electron chi connectivity index (χ1n) is 11.9. The lowest BCUT2D eigenvalue weighted by Gasteiger charge is -2.39. The van der Waals surface area contributed by atoms with Crippen molar-refractivity contribution in [2.24, 2.45) is 0 Å². The van der Waals surface area contributed by atoms with Crippen LogP contribution in [0.15, 0.2) is 30.3 Å². The maximum atomic E-state index is 13.7. The molecule has 0 N–H and O–H groups in total. The summed E-state index contributed by atoms with van der Waals surface area (Å²) in [6, 6.07) is 5.82. The number of ether oxygens (including phenoxy) is 3.